The van der Waals surface area contributed by atoms with Gasteiger partial charge in [-0.25, -0.2) is 4.79 Å². The molecule has 0 radical (unpaired) electrons. The van der Waals surface area contributed by atoms with Crippen molar-refractivity contribution >= 4 is 40.8 Å². The van der Waals surface area contributed by atoms with Gasteiger partial charge in [-0.3, -0.25) is 4.79 Å². The standard InChI is InChI=1S/C9H4Cl2F3NO3/c10-4-2-5(11)6(1-3(4)7(16)17)15-8(18)9(12,13)14/h1-2H,(H,15,18)(H,16,17). The van der Waals surface area contributed by atoms with Gasteiger partial charge in [0.1, 0.15) is 0 Å². The Bertz CT molecular complexity index is 517. The first kappa shape index (κ1) is 14.6. The summed E-state index contributed by atoms with van der Waals surface area (Å²) < 4.78 is 36.0. The van der Waals surface area contributed by atoms with E-state index in [1.807, 2.05) is 0 Å². The van der Waals surface area contributed by atoms with Crippen molar-refractivity contribution in [1.29, 1.82) is 0 Å². The van der Waals surface area contributed by atoms with E-state index in [9.17, 15) is 22.8 Å². The highest BCUT2D eigenvalue weighted by molar-refractivity contribution is 6.38. The van der Waals surface area contributed by atoms with E-state index in [0.717, 1.165) is 12.1 Å². The van der Waals surface area contributed by atoms with Crippen LogP contribution >= 0.6 is 23.2 Å². The fourth-order valence-corrected chi connectivity index (χ4v) is 1.51. The number of amides is 1. The first-order valence-corrected chi connectivity index (χ1v) is 4.99. The summed E-state index contributed by atoms with van der Waals surface area (Å²) in [6, 6.07) is 1.68. The van der Waals surface area contributed by atoms with Gasteiger partial charge in [-0.2, -0.15) is 13.2 Å². The third kappa shape index (κ3) is 3.27. The highest BCUT2D eigenvalue weighted by atomic mass is 35.5. The molecule has 0 spiro atoms. The normalized spacial score (nSPS) is 11.2. The van der Waals surface area contributed by atoms with Crippen LogP contribution in [-0.4, -0.2) is 23.2 Å². The van der Waals surface area contributed by atoms with Gasteiger partial charge < -0.3 is 10.4 Å². The Morgan fingerprint density at radius 2 is 1.72 bits per heavy atom. The van der Waals surface area contributed by atoms with Gasteiger partial charge in [-0.15, -0.1) is 0 Å². The molecule has 2 N–H and O–H groups in total. The van der Waals surface area contributed by atoms with Crippen LogP contribution in [0.2, 0.25) is 10.0 Å². The number of benzene rings is 1. The average molecular weight is 302 g/mol. The number of anilines is 1. The van der Waals surface area contributed by atoms with Crippen molar-refractivity contribution in [1.82, 2.24) is 0 Å². The molecule has 0 saturated carbocycles. The molecule has 0 aromatic heterocycles. The van der Waals surface area contributed by atoms with Gasteiger partial charge in [-0.1, -0.05) is 23.2 Å². The van der Waals surface area contributed by atoms with Crippen LogP contribution in [0.1, 0.15) is 10.4 Å². The average Bonchev–Trinajstić information content (AvgIpc) is 2.19. The van der Waals surface area contributed by atoms with Gasteiger partial charge in [-0.05, 0) is 12.1 Å². The van der Waals surface area contributed by atoms with E-state index in [2.05, 4.69) is 0 Å². The maximum absolute atomic E-state index is 12.0. The molecular formula is C9H4Cl2F3NO3. The van der Waals surface area contributed by atoms with Crippen molar-refractivity contribution in [2.45, 2.75) is 6.18 Å². The zero-order valence-electron chi connectivity index (χ0n) is 8.31. The molecular weight excluding hydrogens is 298 g/mol. The number of aromatic carboxylic acids is 1. The lowest BCUT2D eigenvalue weighted by atomic mass is 10.2. The first-order chi connectivity index (χ1) is 8.12. The summed E-state index contributed by atoms with van der Waals surface area (Å²) in [5.41, 5.74) is -0.959. The predicted molar refractivity (Wildman–Crippen MR) is 58.1 cm³/mol. The molecule has 0 unspecified atom stereocenters. The second kappa shape index (κ2) is 5.03. The number of carbonyl (C=O) groups excluding carboxylic acids is 1. The summed E-state index contributed by atoms with van der Waals surface area (Å²) in [7, 11) is 0. The number of rotatable bonds is 2. The number of nitrogens with one attached hydrogen (secondary N) is 1. The van der Waals surface area contributed by atoms with Crippen molar-refractivity contribution in [3.8, 4) is 0 Å². The number of hydrogen-bond donors (Lipinski definition) is 2. The van der Waals surface area contributed by atoms with E-state index in [1.165, 1.54) is 5.32 Å². The largest absolute Gasteiger partial charge is 0.478 e. The molecule has 0 bridgehead atoms. The molecule has 4 nitrogen and oxygen atoms in total. The van der Waals surface area contributed by atoms with Crippen LogP contribution in [0.4, 0.5) is 18.9 Å². The number of hydrogen-bond acceptors (Lipinski definition) is 2. The maximum Gasteiger partial charge on any atom is 0.471 e. The zero-order chi connectivity index (χ0) is 14.1. The minimum atomic E-state index is -5.10. The second-order valence-electron chi connectivity index (χ2n) is 3.07. The van der Waals surface area contributed by atoms with Gasteiger partial charge >= 0.3 is 18.1 Å². The number of carboxylic acids is 1. The van der Waals surface area contributed by atoms with Gasteiger partial charge in [0.2, 0.25) is 0 Å². The van der Waals surface area contributed by atoms with Crippen molar-refractivity contribution in [3.05, 3.63) is 27.7 Å². The summed E-state index contributed by atoms with van der Waals surface area (Å²) >= 11 is 11.1. The van der Waals surface area contributed by atoms with Crippen LogP contribution in [0.25, 0.3) is 0 Å². The predicted octanol–water partition coefficient (Wildman–Crippen LogP) is 3.19. The molecule has 98 valence electrons. The molecule has 1 aromatic rings. The van der Waals surface area contributed by atoms with Crippen LogP contribution < -0.4 is 5.32 Å². The minimum absolute atomic E-state index is 0.252. The van der Waals surface area contributed by atoms with Crippen molar-refractivity contribution < 1.29 is 27.9 Å². The molecule has 1 rings (SSSR count). The number of alkyl halides is 3. The van der Waals surface area contributed by atoms with Gasteiger partial charge in [0.05, 0.1) is 21.3 Å². The Kier molecular flexibility index (Phi) is 4.08. The molecule has 0 fully saturated rings. The summed E-state index contributed by atoms with van der Waals surface area (Å²) in [4.78, 5) is 21.4. The highest BCUT2D eigenvalue weighted by Gasteiger charge is 2.39. The van der Waals surface area contributed by atoms with Crippen molar-refractivity contribution in [3.63, 3.8) is 0 Å². The third-order valence-corrected chi connectivity index (χ3v) is 2.42. The summed E-state index contributed by atoms with van der Waals surface area (Å²) in [6.45, 7) is 0. The van der Waals surface area contributed by atoms with E-state index in [0.29, 0.717) is 0 Å². The molecule has 1 aromatic carbocycles. The van der Waals surface area contributed by atoms with Crippen LogP contribution in [0.5, 0.6) is 0 Å². The molecule has 0 aliphatic heterocycles. The van der Waals surface area contributed by atoms with E-state index in [1.54, 1.807) is 0 Å². The summed E-state index contributed by atoms with van der Waals surface area (Å²) in [5, 5.41) is 9.61. The molecule has 0 aliphatic rings. The Morgan fingerprint density at radius 1 is 1.17 bits per heavy atom. The second-order valence-corrected chi connectivity index (χ2v) is 3.88. The minimum Gasteiger partial charge on any atom is -0.478 e. The number of carboxylic acid groups (broad SMARTS) is 1. The van der Waals surface area contributed by atoms with E-state index < -0.39 is 29.3 Å². The zero-order valence-corrected chi connectivity index (χ0v) is 9.82. The quantitative estimate of drug-likeness (QED) is 0.881. The Balaban J connectivity index is 3.14. The van der Waals surface area contributed by atoms with Crippen LogP contribution in [-0.2, 0) is 4.79 Å². The van der Waals surface area contributed by atoms with E-state index in [4.69, 9.17) is 28.3 Å². The maximum atomic E-state index is 12.0. The Morgan fingerprint density at radius 3 is 2.17 bits per heavy atom. The van der Waals surface area contributed by atoms with Gasteiger partial charge in [0, 0.05) is 0 Å². The lowest BCUT2D eigenvalue weighted by Gasteiger charge is -2.10. The number of carbonyl (C=O) groups is 2. The topological polar surface area (TPSA) is 66.4 Å². The third-order valence-electron chi connectivity index (χ3n) is 1.79. The summed E-state index contributed by atoms with van der Waals surface area (Å²) in [5.74, 6) is -3.72. The monoisotopic (exact) mass is 301 g/mol. The molecule has 0 atom stereocenters. The van der Waals surface area contributed by atoms with E-state index >= 15 is 0 Å². The van der Waals surface area contributed by atoms with Crippen LogP contribution in [0.15, 0.2) is 12.1 Å². The lowest BCUT2D eigenvalue weighted by Crippen LogP contribution is -2.30. The molecule has 0 heterocycles. The Labute approximate surface area is 108 Å². The SMILES string of the molecule is O=C(O)c1cc(NC(=O)C(F)(F)F)c(Cl)cc1Cl. The fourth-order valence-electron chi connectivity index (χ4n) is 1.00. The molecule has 1 amide bonds. The molecule has 18 heavy (non-hydrogen) atoms. The van der Waals surface area contributed by atoms with Crippen molar-refractivity contribution in [2.24, 2.45) is 0 Å². The smallest absolute Gasteiger partial charge is 0.471 e. The molecule has 9 heteroatoms. The van der Waals surface area contributed by atoms with Crippen LogP contribution in [0.3, 0.4) is 0 Å². The fraction of sp³-hybridized carbons (Fsp3) is 0.111. The first-order valence-electron chi connectivity index (χ1n) is 4.23. The highest BCUT2D eigenvalue weighted by Crippen LogP contribution is 2.30. The molecule has 0 aliphatic carbocycles. The summed E-state index contributed by atoms with van der Waals surface area (Å²) in [6.07, 6.45) is -5.10. The lowest BCUT2D eigenvalue weighted by molar-refractivity contribution is -0.167. The molecule has 0 saturated heterocycles. The number of halogens is 5. The van der Waals surface area contributed by atoms with E-state index in [-0.39, 0.29) is 10.0 Å². The van der Waals surface area contributed by atoms with Gasteiger partial charge in [0.25, 0.3) is 0 Å². The Hall–Kier alpha value is -1.47. The van der Waals surface area contributed by atoms with Crippen molar-refractivity contribution in [2.75, 3.05) is 5.32 Å². The van der Waals surface area contributed by atoms with Crippen LogP contribution in [0, 0.1) is 0 Å². The van der Waals surface area contributed by atoms with Gasteiger partial charge in [0.15, 0.2) is 0 Å².